The lowest BCUT2D eigenvalue weighted by molar-refractivity contribution is -0.145. The summed E-state index contributed by atoms with van der Waals surface area (Å²) in [4.78, 5) is 49.8. The Balaban J connectivity index is 2.06. The van der Waals surface area contributed by atoms with E-state index in [1.54, 1.807) is 23.1 Å². The number of carboxylic acids is 1. The Hall–Kier alpha value is -2.94. The summed E-state index contributed by atoms with van der Waals surface area (Å²) >= 11 is 0. The standard InChI is InChI=1S/C18H23N3O6/c1-12(22)21(11-16(23)24)10-15-9-20(6-7-27-15)18(26)14-5-3-4-13(8-14)17(25)19-2/h3-5,8,15H,6-7,9-11H2,1-2H3,(H,19,25)(H,23,24). The highest BCUT2D eigenvalue weighted by Gasteiger charge is 2.28. The van der Waals surface area contributed by atoms with Gasteiger partial charge in [-0.3, -0.25) is 19.2 Å². The van der Waals surface area contributed by atoms with Gasteiger partial charge in [-0.1, -0.05) is 6.07 Å². The van der Waals surface area contributed by atoms with E-state index in [1.165, 1.54) is 24.9 Å². The maximum Gasteiger partial charge on any atom is 0.323 e. The molecule has 1 atom stereocenters. The molecular weight excluding hydrogens is 354 g/mol. The van der Waals surface area contributed by atoms with E-state index in [4.69, 9.17) is 9.84 Å². The summed E-state index contributed by atoms with van der Waals surface area (Å²) in [7, 11) is 1.52. The molecule has 2 N–H and O–H groups in total. The number of amides is 3. The topological polar surface area (TPSA) is 116 Å². The minimum absolute atomic E-state index is 0.0870. The smallest absolute Gasteiger partial charge is 0.323 e. The van der Waals surface area contributed by atoms with Gasteiger partial charge in [0.2, 0.25) is 5.91 Å². The summed E-state index contributed by atoms with van der Waals surface area (Å²) in [5.41, 5.74) is 0.767. The molecule has 0 aliphatic carbocycles. The first-order chi connectivity index (χ1) is 12.8. The molecule has 146 valence electrons. The fourth-order valence-electron chi connectivity index (χ4n) is 2.85. The highest BCUT2D eigenvalue weighted by atomic mass is 16.5. The van der Waals surface area contributed by atoms with Gasteiger partial charge in [0.05, 0.1) is 12.7 Å². The fourth-order valence-corrected chi connectivity index (χ4v) is 2.85. The van der Waals surface area contributed by atoms with Gasteiger partial charge in [0.1, 0.15) is 6.54 Å². The Morgan fingerprint density at radius 2 is 2.00 bits per heavy atom. The van der Waals surface area contributed by atoms with Gasteiger partial charge in [0.15, 0.2) is 0 Å². The number of hydrogen-bond donors (Lipinski definition) is 2. The van der Waals surface area contributed by atoms with Crippen LogP contribution in [0.1, 0.15) is 27.6 Å². The first kappa shape index (κ1) is 20.4. The van der Waals surface area contributed by atoms with E-state index < -0.39 is 18.6 Å². The molecular formula is C18H23N3O6. The van der Waals surface area contributed by atoms with E-state index in [0.29, 0.717) is 17.7 Å². The lowest BCUT2D eigenvalue weighted by atomic mass is 10.1. The zero-order valence-electron chi connectivity index (χ0n) is 15.3. The van der Waals surface area contributed by atoms with Crippen molar-refractivity contribution in [3.05, 3.63) is 35.4 Å². The Bertz CT molecular complexity index is 736. The normalized spacial score (nSPS) is 16.5. The van der Waals surface area contributed by atoms with Crippen molar-refractivity contribution in [2.45, 2.75) is 13.0 Å². The molecule has 0 bridgehead atoms. The van der Waals surface area contributed by atoms with Crippen LogP contribution in [0.25, 0.3) is 0 Å². The Morgan fingerprint density at radius 1 is 1.30 bits per heavy atom. The van der Waals surface area contributed by atoms with Crippen molar-refractivity contribution in [2.24, 2.45) is 0 Å². The molecule has 0 saturated carbocycles. The monoisotopic (exact) mass is 377 g/mol. The third-order valence-electron chi connectivity index (χ3n) is 4.22. The van der Waals surface area contributed by atoms with Crippen molar-refractivity contribution >= 4 is 23.7 Å². The highest BCUT2D eigenvalue weighted by Crippen LogP contribution is 2.13. The molecule has 1 unspecified atom stereocenters. The predicted molar refractivity (Wildman–Crippen MR) is 95.4 cm³/mol. The summed E-state index contributed by atoms with van der Waals surface area (Å²) in [5.74, 6) is -2.01. The largest absolute Gasteiger partial charge is 0.480 e. The maximum atomic E-state index is 12.8. The lowest BCUT2D eigenvalue weighted by Gasteiger charge is -2.35. The van der Waals surface area contributed by atoms with E-state index in [9.17, 15) is 19.2 Å². The van der Waals surface area contributed by atoms with Crippen LogP contribution in [-0.2, 0) is 14.3 Å². The molecule has 9 heteroatoms. The molecule has 3 amide bonds. The lowest BCUT2D eigenvalue weighted by Crippen LogP contribution is -2.51. The maximum absolute atomic E-state index is 12.8. The van der Waals surface area contributed by atoms with Crippen LogP contribution in [0.2, 0.25) is 0 Å². The number of hydrogen-bond acceptors (Lipinski definition) is 5. The molecule has 1 heterocycles. The van der Waals surface area contributed by atoms with E-state index in [1.807, 2.05) is 0 Å². The molecule has 1 aromatic rings. The second-order valence-corrected chi connectivity index (χ2v) is 6.20. The first-order valence-electron chi connectivity index (χ1n) is 8.52. The van der Waals surface area contributed by atoms with Gasteiger partial charge in [0.25, 0.3) is 11.8 Å². The number of rotatable bonds is 6. The number of nitrogens with one attached hydrogen (secondary N) is 1. The molecule has 27 heavy (non-hydrogen) atoms. The highest BCUT2D eigenvalue weighted by molar-refractivity contribution is 5.99. The second kappa shape index (κ2) is 9.13. The van der Waals surface area contributed by atoms with Crippen molar-refractivity contribution in [3.63, 3.8) is 0 Å². The van der Waals surface area contributed by atoms with Gasteiger partial charge in [-0.05, 0) is 18.2 Å². The molecule has 1 saturated heterocycles. The van der Waals surface area contributed by atoms with Crippen LogP contribution in [0.3, 0.4) is 0 Å². The van der Waals surface area contributed by atoms with E-state index in [-0.39, 0.29) is 37.4 Å². The molecule has 0 aromatic heterocycles. The summed E-state index contributed by atoms with van der Waals surface area (Å²) < 4.78 is 5.59. The summed E-state index contributed by atoms with van der Waals surface area (Å²) in [6.07, 6.45) is -0.479. The average molecular weight is 377 g/mol. The van der Waals surface area contributed by atoms with Gasteiger partial charge in [-0.25, -0.2) is 0 Å². The van der Waals surface area contributed by atoms with Gasteiger partial charge >= 0.3 is 5.97 Å². The number of morpholine rings is 1. The van der Waals surface area contributed by atoms with Gasteiger partial charge < -0.3 is 25.0 Å². The molecule has 1 fully saturated rings. The average Bonchev–Trinajstić information content (AvgIpc) is 2.66. The predicted octanol–water partition coefficient (Wildman–Crippen LogP) is -0.180. The number of aliphatic carboxylic acids is 1. The van der Waals surface area contributed by atoms with Crippen LogP contribution < -0.4 is 5.32 Å². The molecule has 1 aromatic carbocycles. The minimum Gasteiger partial charge on any atom is -0.480 e. The zero-order chi connectivity index (χ0) is 20.0. The second-order valence-electron chi connectivity index (χ2n) is 6.20. The van der Waals surface area contributed by atoms with Crippen LogP contribution in [0.4, 0.5) is 0 Å². The van der Waals surface area contributed by atoms with Crippen molar-refractivity contribution < 1.29 is 29.0 Å². The molecule has 1 aliphatic rings. The number of carbonyl (C=O) groups is 4. The zero-order valence-corrected chi connectivity index (χ0v) is 15.3. The molecule has 9 nitrogen and oxygen atoms in total. The SMILES string of the molecule is CNC(=O)c1cccc(C(=O)N2CCOC(CN(CC(=O)O)C(C)=O)C2)c1. The Morgan fingerprint density at radius 3 is 2.63 bits per heavy atom. The summed E-state index contributed by atoms with van der Waals surface area (Å²) in [5, 5.41) is 11.4. The number of nitrogens with zero attached hydrogens (tertiary/aromatic N) is 2. The molecule has 0 radical (unpaired) electrons. The first-order valence-corrected chi connectivity index (χ1v) is 8.52. The van der Waals surface area contributed by atoms with Gasteiger partial charge in [-0.2, -0.15) is 0 Å². The van der Waals surface area contributed by atoms with Crippen molar-refractivity contribution in [1.82, 2.24) is 15.1 Å². The van der Waals surface area contributed by atoms with Crippen molar-refractivity contribution in [2.75, 3.05) is 39.8 Å². The number of carboxylic acid groups (broad SMARTS) is 1. The Kier molecular flexibility index (Phi) is 6.89. The van der Waals surface area contributed by atoms with E-state index in [2.05, 4.69) is 5.32 Å². The number of carbonyl (C=O) groups excluding carboxylic acids is 3. The number of ether oxygens (including phenoxy) is 1. The minimum atomic E-state index is -1.11. The molecule has 0 spiro atoms. The summed E-state index contributed by atoms with van der Waals surface area (Å²) in [6.45, 7) is 1.84. The fraction of sp³-hybridized carbons (Fsp3) is 0.444. The van der Waals surface area contributed by atoms with E-state index >= 15 is 0 Å². The van der Waals surface area contributed by atoms with E-state index in [0.717, 1.165) is 0 Å². The van der Waals surface area contributed by atoms with Crippen LogP contribution in [0.15, 0.2) is 24.3 Å². The molecule has 1 aliphatic heterocycles. The Labute approximate surface area is 156 Å². The van der Waals surface area contributed by atoms with Crippen molar-refractivity contribution in [3.8, 4) is 0 Å². The third kappa shape index (κ3) is 5.52. The third-order valence-corrected chi connectivity index (χ3v) is 4.22. The quantitative estimate of drug-likeness (QED) is 0.710. The van der Waals surface area contributed by atoms with Crippen LogP contribution in [-0.4, -0.2) is 84.5 Å². The number of benzene rings is 1. The van der Waals surface area contributed by atoms with Crippen LogP contribution in [0, 0.1) is 0 Å². The van der Waals surface area contributed by atoms with Gasteiger partial charge in [0, 0.05) is 44.7 Å². The molecule has 2 rings (SSSR count). The van der Waals surface area contributed by atoms with Crippen LogP contribution in [0.5, 0.6) is 0 Å². The van der Waals surface area contributed by atoms with Crippen molar-refractivity contribution in [1.29, 1.82) is 0 Å². The summed E-state index contributed by atoms with van der Waals surface area (Å²) in [6, 6.07) is 6.41. The van der Waals surface area contributed by atoms with Gasteiger partial charge in [-0.15, -0.1) is 0 Å². The van der Waals surface area contributed by atoms with Crippen LogP contribution >= 0.6 is 0 Å².